The summed E-state index contributed by atoms with van der Waals surface area (Å²) in [6.45, 7) is 0. The fourth-order valence-electron chi connectivity index (χ4n) is 2.75. The van der Waals surface area contributed by atoms with Crippen LogP contribution in [0.15, 0.2) is 30.6 Å². The predicted octanol–water partition coefficient (Wildman–Crippen LogP) is 2.81. The van der Waals surface area contributed by atoms with Gasteiger partial charge in [0.1, 0.15) is 11.9 Å². The summed E-state index contributed by atoms with van der Waals surface area (Å²) >= 11 is 0. The van der Waals surface area contributed by atoms with Crippen molar-refractivity contribution in [2.75, 3.05) is 0 Å². The van der Waals surface area contributed by atoms with Gasteiger partial charge in [-0.05, 0) is 31.0 Å². The molecule has 1 aliphatic rings. The van der Waals surface area contributed by atoms with Crippen LogP contribution in [0.4, 0.5) is 4.39 Å². The van der Waals surface area contributed by atoms with Crippen LogP contribution in [0.3, 0.4) is 0 Å². The highest BCUT2D eigenvalue weighted by molar-refractivity contribution is 5.11. The molecule has 2 heterocycles. The fraction of sp³-hybridized carbons (Fsp3) is 0.467. The fourth-order valence-corrected chi connectivity index (χ4v) is 2.75. The van der Waals surface area contributed by atoms with E-state index in [-0.39, 0.29) is 0 Å². The van der Waals surface area contributed by atoms with Gasteiger partial charge in [0.05, 0.1) is 23.6 Å². The van der Waals surface area contributed by atoms with Gasteiger partial charge in [-0.1, -0.05) is 12.8 Å². The molecule has 1 N–H and O–H groups in total. The first-order chi connectivity index (χ1) is 9.72. The molecule has 1 atom stereocenters. The third-order valence-corrected chi connectivity index (χ3v) is 3.86. The molecule has 4 nitrogen and oxygen atoms in total. The molecule has 0 amide bonds. The number of nitrogens with zero attached hydrogens (tertiary/aromatic N) is 3. The van der Waals surface area contributed by atoms with Crippen molar-refractivity contribution in [3.63, 3.8) is 0 Å². The van der Waals surface area contributed by atoms with E-state index in [0.29, 0.717) is 18.2 Å². The van der Waals surface area contributed by atoms with E-state index in [1.165, 1.54) is 37.8 Å². The molecule has 0 radical (unpaired) electrons. The lowest BCUT2D eigenvalue weighted by Gasteiger charge is -2.10. The molecule has 0 bridgehead atoms. The lowest BCUT2D eigenvalue weighted by molar-refractivity contribution is 0.172. The summed E-state index contributed by atoms with van der Waals surface area (Å²) in [7, 11) is 0. The molecule has 0 aliphatic heterocycles. The number of aliphatic hydroxyl groups excluding tert-OH is 1. The van der Waals surface area contributed by atoms with Crippen LogP contribution >= 0.6 is 0 Å². The van der Waals surface area contributed by atoms with Crippen molar-refractivity contribution in [3.05, 3.63) is 47.8 Å². The van der Waals surface area contributed by atoms with Gasteiger partial charge in [-0.25, -0.2) is 4.39 Å². The number of rotatable bonds is 4. The highest BCUT2D eigenvalue weighted by Crippen LogP contribution is 2.29. The summed E-state index contributed by atoms with van der Waals surface area (Å²) in [5.74, 6) is -0.397. The van der Waals surface area contributed by atoms with Crippen molar-refractivity contribution in [3.8, 4) is 0 Å². The molecular weight excluding hydrogens is 257 g/mol. The van der Waals surface area contributed by atoms with Crippen LogP contribution in [0, 0.1) is 5.82 Å². The van der Waals surface area contributed by atoms with Crippen LogP contribution in [0.25, 0.3) is 0 Å². The van der Waals surface area contributed by atoms with Crippen LogP contribution in [0.2, 0.25) is 0 Å². The van der Waals surface area contributed by atoms with E-state index >= 15 is 0 Å². The van der Waals surface area contributed by atoms with Crippen molar-refractivity contribution < 1.29 is 9.50 Å². The molecule has 0 aromatic carbocycles. The van der Waals surface area contributed by atoms with Gasteiger partial charge in [0, 0.05) is 12.6 Å². The molecular formula is C15H18FN3O. The summed E-state index contributed by atoms with van der Waals surface area (Å²) in [5.41, 5.74) is 1.32. The maximum atomic E-state index is 12.8. The van der Waals surface area contributed by atoms with Gasteiger partial charge in [0.2, 0.25) is 0 Å². The van der Waals surface area contributed by atoms with E-state index < -0.39 is 11.9 Å². The first kappa shape index (κ1) is 13.2. The molecule has 20 heavy (non-hydrogen) atoms. The summed E-state index contributed by atoms with van der Waals surface area (Å²) < 4.78 is 14.8. The average Bonchev–Trinajstić information content (AvgIpc) is 3.09. The third kappa shape index (κ3) is 2.88. The molecule has 1 fully saturated rings. The second-order valence-corrected chi connectivity index (χ2v) is 5.35. The molecule has 1 unspecified atom stereocenters. The second kappa shape index (κ2) is 5.71. The minimum absolute atomic E-state index is 0.397. The normalized spacial score (nSPS) is 17.5. The molecule has 2 aromatic rings. The van der Waals surface area contributed by atoms with Gasteiger partial charge < -0.3 is 5.11 Å². The summed E-state index contributed by atoms with van der Waals surface area (Å²) in [6.07, 6.45) is 7.66. The highest BCUT2D eigenvalue weighted by Gasteiger charge is 2.18. The van der Waals surface area contributed by atoms with Gasteiger partial charge in [0.15, 0.2) is 0 Å². The molecule has 1 aliphatic carbocycles. The number of aromatic nitrogens is 3. The van der Waals surface area contributed by atoms with Crippen molar-refractivity contribution in [2.24, 2.45) is 0 Å². The molecule has 2 aromatic heterocycles. The van der Waals surface area contributed by atoms with Crippen molar-refractivity contribution in [1.29, 1.82) is 0 Å². The Morgan fingerprint density at radius 2 is 2.10 bits per heavy atom. The molecule has 5 heteroatoms. The number of halogens is 1. The number of pyridine rings is 1. The minimum Gasteiger partial charge on any atom is -0.386 e. The second-order valence-electron chi connectivity index (χ2n) is 5.35. The Labute approximate surface area is 117 Å². The zero-order valence-electron chi connectivity index (χ0n) is 11.2. The van der Waals surface area contributed by atoms with Crippen LogP contribution in [-0.4, -0.2) is 19.9 Å². The predicted molar refractivity (Wildman–Crippen MR) is 72.6 cm³/mol. The van der Waals surface area contributed by atoms with E-state index in [9.17, 15) is 9.50 Å². The van der Waals surface area contributed by atoms with Gasteiger partial charge in [-0.3, -0.25) is 9.67 Å². The minimum atomic E-state index is -0.748. The zero-order chi connectivity index (χ0) is 13.9. The van der Waals surface area contributed by atoms with Crippen LogP contribution in [0.1, 0.15) is 49.2 Å². The molecule has 1 saturated carbocycles. The first-order valence-corrected chi connectivity index (χ1v) is 7.06. The quantitative estimate of drug-likeness (QED) is 0.933. The SMILES string of the molecule is OC(Cc1ccn(C2CCCC2)n1)c1ccc(F)cn1. The maximum Gasteiger partial charge on any atom is 0.141 e. The Hall–Kier alpha value is -1.75. The summed E-state index contributed by atoms with van der Waals surface area (Å²) in [4.78, 5) is 3.90. The van der Waals surface area contributed by atoms with Gasteiger partial charge in [0.25, 0.3) is 0 Å². The Kier molecular flexibility index (Phi) is 3.78. The first-order valence-electron chi connectivity index (χ1n) is 7.06. The molecule has 106 valence electrons. The van der Waals surface area contributed by atoms with Crippen LogP contribution in [-0.2, 0) is 6.42 Å². The Morgan fingerprint density at radius 1 is 1.30 bits per heavy atom. The smallest absolute Gasteiger partial charge is 0.141 e. The van der Waals surface area contributed by atoms with Crippen LogP contribution < -0.4 is 0 Å². The van der Waals surface area contributed by atoms with Crippen LogP contribution in [0.5, 0.6) is 0 Å². The maximum absolute atomic E-state index is 12.8. The molecule has 0 saturated heterocycles. The lowest BCUT2D eigenvalue weighted by atomic mass is 10.1. The van der Waals surface area contributed by atoms with E-state index in [1.54, 1.807) is 0 Å². The van der Waals surface area contributed by atoms with E-state index in [1.807, 2.05) is 16.9 Å². The number of hydrogen-bond acceptors (Lipinski definition) is 3. The summed E-state index contributed by atoms with van der Waals surface area (Å²) in [5, 5.41) is 14.6. The van der Waals surface area contributed by atoms with Crippen molar-refractivity contribution in [2.45, 2.75) is 44.2 Å². The standard InChI is InChI=1S/C15H18FN3O/c16-11-5-6-14(17-10-11)15(20)9-12-7-8-19(18-12)13-3-1-2-4-13/h5-8,10,13,15,20H,1-4,9H2. The Balaban J connectivity index is 1.66. The van der Waals surface area contributed by atoms with Gasteiger partial charge >= 0.3 is 0 Å². The van der Waals surface area contributed by atoms with E-state index in [2.05, 4.69) is 10.1 Å². The van der Waals surface area contributed by atoms with Crippen molar-refractivity contribution >= 4 is 0 Å². The number of aliphatic hydroxyl groups is 1. The molecule has 3 rings (SSSR count). The van der Waals surface area contributed by atoms with Crippen molar-refractivity contribution in [1.82, 2.24) is 14.8 Å². The van der Waals surface area contributed by atoms with Gasteiger partial charge in [-0.15, -0.1) is 0 Å². The largest absolute Gasteiger partial charge is 0.386 e. The van der Waals surface area contributed by atoms with E-state index in [4.69, 9.17) is 0 Å². The Bertz CT molecular complexity index is 561. The molecule has 0 spiro atoms. The topological polar surface area (TPSA) is 50.9 Å². The zero-order valence-corrected chi connectivity index (χ0v) is 11.2. The summed E-state index contributed by atoms with van der Waals surface area (Å²) in [6, 6.07) is 5.26. The average molecular weight is 275 g/mol. The Morgan fingerprint density at radius 3 is 2.80 bits per heavy atom. The lowest BCUT2D eigenvalue weighted by Crippen LogP contribution is -2.08. The third-order valence-electron chi connectivity index (χ3n) is 3.86. The number of hydrogen-bond donors (Lipinski definition) is 1. The monoisotopic (exact) mass is 275 g/mol. The van der Waals surface area contributed by atoms with Gasteiger partial charge in [-0.2, -0.15) is 5.10 Å². The van der Waals surface area contributed by atoms with E-state index in [0.717, 1.165) is 11.9 Å². The highest BCUT2D eigenvalue weighted by atomic mass is 19.1.